The van der Waals surface area contributed by atoms with Crippen LogP contribution in [0.25, 0.3) is 0 Å². The van der Waals surface area contributed by atoms with Gasteiger partial charge in [0.2, 0.25) is 5.91 Å². The molecule has 416 valence electrons. The van der Waals surface area contributed by atoms with Crippen molar-refractivity contribution in [1.29, 1.82) is 0 Å². The molecule has 0 aromatic heterocycles. The number of phosphoric ester groups is 1. The van der Waals surface area contributed by atoms with Crippen LogP contribution in [-0.2, 0) is 27.9 Å². The molecule has 0 saturated carbocycles. The number of unbranched alkanes of at least 4 members (excludes halogenated alkanes) is 25. The first kappa shape index (κ1) is 69.2. The molecule has 0 aliphatic heterocycles. The molecule has 0 aromatic rings. The summed E-state index contributed by atoms with van der Waals surface area (Å²) in [6.07, 6.45) is 67.1. The normalized spacial score (nSPS) is 14.4. The molecule has 2 N–H and O–H groups in total. The van der Waals surface area contributed by atoms with Gasteiger partial charge in [-0.15, -0.1) is 0 Å². The van der Waals surface area contributed by atoms with Crippen LogP contribution < -0.4 is 5.32 Å². The molecule has 0 aliphatic carbocycles. The molecule has 0 heterocycles. The standard InChI is InChI=1S/C62H111N2O7P/c1-7-10-13-16-19-22-25-28-30-31-32-33-35-37-40-43-46-49-52-55-62(66)71-60(53-50-47-44-41-38-27-24-21-18-15-12-9-3)59(58-70-72(67,68)69-57-56-64(4,5)6)63-61(65)54-51-48-45-42-39-36-34-29-26-23-20-17-14-11-8-2/h19-20,22-23,26,28-30,32-33,37,40,50,53,59-60H,7-18,21,24-25,27,31,34-36,38-39,41-49,51-52,54-58H2,1-6H3,(H-,63,65,67,68)/p+1/b22-19-,23-20+,29-26+,30-28-,33-32-,40-37-,53-50+. The second-order valence-electron chi connectivity index (χ2n) is 20.8. The number of carbonyl (C=O) groups excluding carboxylic acids is 2. The predicted octanol–water partition coefficient (Wildman–Crippen LogP) is 17.8. The van der Waals surface area contributed by atoms with Gasteiger partial charge in [0.25, 0.3) is 0 Å². The minimum absolute atomic E-state index is 0.0289. The van der Waals surface area contributed by atoms with Gasteiger partial charge < -0.3 is 19.4 Å². The maximum atomic E-state index is 13.5. The number of quaternary nitrogens is 1. The van der Waals surface area contributed by atoms with Gasteiger partial charge in [-0.1, -0.05) is 215 Å². The number of allylic oxidation sites excluding steroid dienone is 13. The molecule has 1 amide bonds. The van der Waals surface area contributed by atoms with E-state index < -0.39 is 20.0 Å². The monoisotopic (exact) mass is 1030 g/mol. The van der Waals surface area contributed by atoms with Crippen LogP contribution in [0.15, 0.2) is 85.1 Å². The van der Waals surface area contributed by atoms with Crippen LogP contribution in [0.3, 0.4) is 0 Å². The van der Waals surface area contributed by atoms with Crippen molar-refractivity contribution in [3.63, 3.8) is 0 Å². The third-order valence-electron chi connectivity index (χ3n) is 12.6. The number of ether oxygens (including phenoxy) is 1. The van der Waals surface area contributed by atoms with Crippen LogP contribution in [0, 0.1) is 0 Å². The highest BCUT2D eigenvalue weighted by Gasteiger charge is 2.30. The Morgan fingerprint density at radius 1 is 0.500 bits per heavy atom. The Morgan fingerprint density at radius 2 is 0.889 bits per heavy atom. The summed E-state index contributed by atoms with van der Waals surface area (Å²) in [6.45, 7) is 6.91. The van der Waals surface area contributed by atoms with Gasteiger partial charge in [-0.25, -0.2) is 4.57 Å². The van der Waals surface area contributed by atoms with Crippen molar-refractivity contribution in [3.8, 4) is 0 Å². The summed E-state index contributed by atoms with van der Waals surface area (Å²) in [7, 11) is 1.46. The fourth-order valence-electron chi connectivity index (χ4n) is 7.97. The SMILES string of the molecule is CCCCC/C=C\C/C=C\C/C=C\C/C=C\CCCCCC(=O)OC(/C=C/CCCCCCCCCCCC)C(COP(=O)(O)OCC[N+](C)(C)C)NC(=O)CCCCCCCC/C=C/C=C/CCCCC. The largest absolute Gasteiger partial charge is 0.472 e. The van der Waals surface area contributed by atoms with E-state index in [2.05, 4.69) is 99.0 Å². The van der Waals surface area contributed by atoms with E-state index in [4.69, 9.17) is 13.8 Å². The van der Waals surface area contributed by atoms with Gasteiger partial charge in [0, 0.05) is 12.8 Å². The van der Waals surface area contributed by atoms with E-state index in [0.717, 1.165) is 109 Å². The Balaban J connectivity index is 5.41. The Labute approximate surface area is 444 Å². The van der Waals surface area contributed by atoms with E-state index in [-0.39, 0.29) is 31.5 Å². The summed E-state index contributed by atoms with van der Waals surface area (Å²) in [5.41, 5.74) is 0. The van der Waals surface area contributed by atoms with Crippen molar-refractivity contribution < 1.29 is 37.3 Å². The van der Waals surface area contributed by atoms with E-state index in [9.17, 15) is 19.0 Å². The van der Waals surface area contributed by atoms with Crippen molar-refractivity contribution in [2.75, 3.05) is 40.9 Å². The van der Waals surface area contributed by atoms with Crippen LogP contribution in [-0.4, -0.2) is 74.3 Å². The van der Waals surface area contributed by atoms with Crippen LogP contribution in [0.4, 0.5) is 0 Å². The fraction of sp³-hybridized carbons (Fsp3) is 0.742. The zero-order valence-electron chi connectivity index (χ0n) is 47.4. The van der Waals surface area contributed by atoms with Gasteiger partial charge in [-0.05, 0) is 102 Å². The molecule has 0 saturated heterocycles. The maximum absolute atomic E-state index is 13.5. The molecule has 3 atom stereocenters. The van der Waals surface area contributed by atoms with Crippen molar-refractivity contribution >= 4 is 19.7 Å². The maximum Gasteiger partial charge on any atom is 0.472 e. The topological polar surface area (TPSA) is 111 Å². The van der Waals surface area contributed by atoms with Crippen LogP contribution in [0.5, 0.6) is 0 Å². The second-order valence-corrected chi connectivity index (χ2v) is 22.3. The van der Waals surface area contributed by atoms with Crippen LogP contribution in [0.1, 0.15) is 245 Å². The Hall–Kier alpha value is -2.81. The Kier molecular flexibility index (Phi) is 49.6. The number of esters is 1. The minimum atomic E-state index is -4.46. The lowest BCUT2D eigenvalue weighted by Gasteiger charge is -2.27. The number of likely N-dealkylation sites (N-methyl/N-ethyl adjacent to an activating group) is 1. The first-order valence-corrected chi connectivity index (χ1v) is 30.9. The fourth-order valence-corrected chi connectivity index (χ4v) is 8.71. The molecule has 0 fully saturated rings. The number of phosphoric acid groups is 1. The predicted molar refractivity (Wildman–Crippen MR) is 309 cm³/mol. The molecule has 3 unspecified atom stereocenters. The number of nitrogens with zero attached hydrogens (tertiary/aromatic N) is 1. The van der Waals surface area contributed by atoms with E-state index in [1.165, 1.54) is 96.3 Å². The molecule has 0 bridgehead atoms. The van der Waals surface area contributed by atoms with E-state index in [1.807, 2.05) is 33.3 Å². The summed E-state index contributed by atoms with van der Waals surface area (Å²) in [5.74, 6) is -0.558. The molecule has 0 spiro atoms. The summed E-state index contributed by atoms with van der Waals surface area (Å²) >= 11 is 0. The number of hydrogen-bond acceptors (Lipinski definition) is 6. The highest BCUT2D eigenvalue weighted by atomic mass is 31.2. The van der Waals surface area contributed by atoms with E-state index in [0.29, 0.717) is 23.9 Å². The Bertz CT molecular complexity index is 1510. The number of amides is 1. The first-order chi connectivity index (χ1) is 34.9. The van der Waals surface area contributed by atoms with E-state index >= 15 is 0 Å². The first-order valence-electron chi connectivity index (χ1n) is 29.4. The Morgan fingerprint density at radius 3 is 1.39 bits per heavy atom. The lowest BCUT2D eigenvalue weighted by atomic mass is 10.0. The third kappa shape index (κ3) is 52.1. The molecule has 0 aromatic carbocycles. The third-order valence-corrected chi connectivity index (χ3v) is 13.6. The van der Waals surface area contributed by atoms with Gasteiger partial charge >= 0.3 is 13.8 Å². The average molecular weight is 1030 g/mol. The highest BCUT2D eigenvalue weighted by molar-refractivity contribution is 7.47. The molecule has 9 nitrogen and oxygen atoms in total. The zero-order chi connectivity index (χ0) is 52.9. The summed E-state index contributed by atoms with van der Waals surface area (Å²) < 4.78 is 30.6. The van der Waals surface area contributed by atoms with Gasteiger partial charge in [0.15, 0.2) is 0 Å². The molecule has 0 aliphatic rings. The number of carbonyl (C=O) groups is 2. The van der Waals surface area contributed by atoms with Crippen molar-refractivity contribution in [1.82, 2.24) is 5.32 Å². The lowest BCUT2D eigenvalue weighted by molar-refractivity contribution is -0.870. The number of rotatable bonds is 52. The smallest absolute Gasteiger partial charge is 0.456 e. The molecular weight excluding hydrogens is 916 g/mol. The van der Waals surface area contributed by atoms with Gasteiger partial charge in [-0.2, -0.15) is 0 Å². The minimum Gasteiger partial charge on any atom is -0.456 e. The zero-order valence-corrected chi connectivity index (χ0v) is 48.3. The highest BCUT2D eigenvalue weighted by Crippen LogP contribution is 2.43. The molecule has 0 rings (SSSR count). The summed E-state index contributed by atoms with van der Waals surface area (Å²) in [4.78, 5) is 37.6. The molecule has 10 heteroatoms. The van der Waals surface area contributed by atoms with Gasteiger partial charge in [0.05, 0.1) is 33.8 Å². The number of nitrogens with one attached hydrogen (secondary N) is 1. The molecular formula is C62H112N2O7P+. The summed E-state index contributed by atoms with van der Waals surface area (Å²) in [6, 6.07) is -0.871. The lowest BCUT2D eigenvalue weighted by Crippen LogP contribution is -2.47. The average Bonchev–Trinajstić information content (AvgIpc) is 3.34. The summed E-state index contributed by atoms with van der Waals surface area (Å²) in [5, 5.41) is 3.03. The number of hydrogen-bond donors (Lipinski definition) is 2. The van der Waals surface area contributed by atoms with Crippen LogP contribution >= 0.6 is 7.82 Å². The van der Waals surface area contributed by atoms with Gasteiger partial charge in [0.1, 0.15) is 19.3 Å². The van der Waals surface area contributed by atoms with Crippen molar-refractivity contribution in [3.05, 3.63) is 85.1 Å². The quantitative estimate of drug-likeness (QED) is 0.0156. The van der Waals surface area contributed by atoms with E-state index in [1.54, 1.807) is 0 Å². The molecule has 72 heavy (non-hydrogen) atoms. The second kappa shape index (κ2) is 51.7. The van der Waals surface area contributed by atoms with Crippen LogP contribution in [0.2, 0.25) is 0 Å². The molecule has 0 radical (unpaired) electrons. The van der Waals surface area contributed by atoms with Crippen molar-refractivity contribution in [2.24, 2.45) is 0 Å². The van der Waals surface area contributed by atoms with Crippen molar-refractivity contribution in [2.45, 2.75) is 258 Å². The van der Waals surface area contributed by atoms with Gasteiger partial charge in [-0.3, -0.25) is 18.6 Å².